The summed E-state index contributed by atoms with van der Waals surface area (Å²) < 4.78 is 14.5. The normalized spacial score (nSPS) is 22.3. The van der Waals surface area contributed by atoms with E-state index in [1.165, 1.54) is 12.8 Å². The first-order chi connectivity index (χ1) is 6.77. The zero-order valence-electron chi connectivity index (χ0n) is 7.89. The molecule has 0 saturated carbocycles. The predicted octanol–water partition coefficient (Wildman–Crippen LogP) is 3.24. The molecule has 0 unspecified atom stereocenters. The number of piperidine rings is 1. The maximum atomic E-state index is 13.6. The second-order valence-corrected chi connectivity index (χ2v) is 4.91. The van der Waals surface area contributed by atoms with Gasteiger partial charge in [0.1, 0.15) is 5.82 Å². The molecule has 1 aliphatic heterocycles. The van der Waals surface area contributed by atoms with E-state index in [-0.39, 0.29) is 11.9 Å². The zero-order valence-corrected chi connectivity index (χ0v) is 10.1. The lowest BCUT2D eigenvalue weighted by molar-refractivity contribution is 0.400. The van der Waals surface area contributed by atoms with E-state index in [1.54, 1.807) is 6.07 Å². The molecular weight excluding hydrogens is 292 g/mol. The quantitative estimate of drug-likeness (QED) is 0.786. The average molecular weight is 305 g/mol. The van der Waals surface area contributed by atoms with Gasteiger partial charge in [0.2, 0.25) is 0 Å². The van der Waals surface area contributed by atoms with E-state index in [9.17, 15) is 4.39 Å². The molecule has 1 aliphatic rings. The van der Waals surface area contributed by atoms with Crippen molar-refractivity contribution >= 4 is 22.6 Å². The highest BCUT2D eigenvalue weighted by Gasteiger charge is 2.17. The largest absolute Gasteiger partial charge is 0.310 e. The lowest BCUT2D eigenvalue weighted by atomic mass is 9.97. The van der Waals surface area contributed by atoms with Gasteiger partial charge in [-0.2, -0.15) is 0 Å². The first-order valence-corrected chi connectivity index (χ1v) is 6.03. The van der Waals surface area contributed by atoms with Crippen LogP contribution in [-0.2, 0) is 0 Å². The molecule has 14 heavy (non-hydrogen) atoms. The SMILES string of the molecule is Fc1cc(I)ccc1[C@@H]1CCCCN1. The summed E-state index contributed by atoms with van der Waals surface area (Å²) in [7, 11) is 0. The van der Waals surface area contributed by atoms with Gasteiger partial charge in [0.15, 0.2) is 0 Å². The fourth-order valence-corrected chi connectivity index (χ4v) is 2.35. The number of hydrogen-bond acceptors (Lipinski definition) is 1. The van der Waals surface area contributed by atoms with Crippen LogP contribution in [0.25, 0.3) is 0 Å². The lowest BCUT2D eigenvalue weighted by Crippen LogP contribution is -2.27. The maximum Gasteiger partial charge on any atom is 0.129 e. The van der Waals surface area contributed by atoms with Gasteiger partial charge < -0.3 is 5.32 Å². The molecule has 3 heteroatoms. The van der Waals surface area contributed by atoms with Crippen LogP contribution < -0.4 is 5.32 Å². The molecule has 1 nitrogen and oxygen atoms in total. The third-order valence-electron chi connectivity index (χ3n) is 2.65. The van der Waals surface area contributed by atoms with E-state index in [0.717, 1.165) is 22.1 Å². The summed E-state index contributed by atoms with van der Waals surface area (Å²) in [4.78, 5) is 0. The Morgan fingerprint density at radius 1 is 1.36 bits per heavy atom. The Morgan fingerprint density at radius 2 is 2.21 bits per heavy atom. The van der Waals surface area contributed by atoms with Crippen LogP contribution in [0.1, 0.15) is 30.9 Å². The number of hydrogen-bond donors (Lipinski definition) is 1. The van der Waals surface area contributed by atoms with Crippen LogP contribution in [0.2, 0.25) is 0 Å². The minimum absolute atomic E-state index is 0.0729. The highest BCUT2D eigenvalue weighted by molar-refractivity contribution is 14.1. The molecule has 0 amide bonds. The number of nitrogens with one attached hydrogen (secondary N) is 1. The van der Waals surface area contributed by atoms with Gasteiger partial charge in [0.25, 0.3) is 0 Å². The molecule has 1 aromatic rings. The van der Waals surface area contributed by atoms with Crippen LogP contribution in [-0.4, -0.2) is 6.54 Å². The highest BCUT2D eigenvalue weighted by atomic mass is 127. The Kier molecular flexibility index (Phi) is 3.38. The summed E-state index contributed by atoms with van der Waals surface area (Å²) in [5, 5.41) is 3.35. The topological polar surface area (TPSA) is 12.0 Å². The number of halogens is 2. The van der Waals surface area contributed by atoms with Gasteiger partial charge >= 0.3 is 0 Å². The van der Waals surface area contributed by atoms with Crippen LogP contribution >= 0.6 is 22.6 Å². The third kappa shape index (κ3) is 2.25. The number of benzene rings is 1. The van der Waals surface area contributed by atoms with Gasteiger partial charge in [-0.25, -0.2) is 4.39 Å². The van der Waals surface area contributed by atoms with E-state index in [4.69, 9.17) is 0 Å². The Morgan fingerprint density at radius 3 is 2.86 bits per heavy atom. The predicted molar refractivity (Wildman–Crippen MR) is 63.7 cm³/mol. The fourth-order valence-electron chi connectivity index (χ4n) is 1.90. The maximum absolute atomic E-state index is 13.6. The molecule has 76 valence electrons. The minimum Gasteiger partial charge on any atom is -0.310 e. The molecule has 1 fully saturated rings. The summed E-state index contributed by atoms with van der Waals surface area (Å²) in [6.07, 6.45) is 3.46. The van der Waals surface area contributed by atoms with E-state index >= 15 is 0 Å². The Bertz CT molecular complexity index is 321. The molecule has 0 aliphatic carbocycles. The summed E-state index contributed by atoms with van der Waals surface area (Å²) in [5.74, 6) is -0.0729. The van der Waals surface area contributed by atoms with Crippen molar-refractivity contribution in [2.75, 3.05) is 6.54 Å². The lowest BCUT2D eigenvalue weighted by Gasteiger charge is -2.24. The molecule has 0 radical (unpaired) electrons. The third-order valence-corrected chi connectivity index (χ3v) is 3.32. The van der Waals surface area contributed by atoms with Gasteiger partial charge in [-0.1, -0.05) is 12.5 Å². The molecule has 1 aromatic carbocycles. The van der Waals surface area contributed by atoms with Crippen LogP contribution in [0.4, 0.5) is 4.39 Å². The first kappa shape index (κ1) is 10.4. The molecular formula is C11H13FIN. The van der Waals surface area contributed by atoms with Crippen molar-refractivity contribution in [3.63, 3.8) is 0 Å². The zero-order chi connectivity index (χ0) is 9.97. The Balaban J connectivity index is 2.22. The van der Waals surface area contributed by atoms with E-state index in [0.29, 0.717) is 0 Å². The second kappa shape index (κ2) is 4.57. The Hall–Kier alpha value is -0.160. The van der Waals surface area contributed by atoms with Crippen LogP contribution in [0.15, 0.2) is 18.2 Å². The summed E-state index contributed by atoms with van der Waals surface area (Å²) in [6, 6.07) is 5.70. The van der Waals surface area contributed by atoms with E-state index in [2.05, 4.69) is 27.9 Å². The first-order valence-electron chi connectivity index (χ1n) is 4.96. The molecule has 1 atom stereocenters. The molecule has 1 N–H and O–H groups in total. The van der Waals surface area contributed by atoms with Crippen LogP contribution in [0.3, 0.4) is 0 Å². The van der Waals surface area contributed by atoms with Crippen molar-refractivity contribution in [3.8, 4) is 0 Å². The smallest absolute Gasteiger partial charge is 0.129 e. The van der Waals surface area contributed by atoms with Gasteiger partial charge in [0, 0.05) is 15.2 Å². The highest BCUT2D eigenvalue weighted by Crippen LogP contribution is 2.25. The molecule has 2 rings (SSSR count). The molecule has 1 saturated heterocycles. The van der Waals surface area contributed by atoms with E-state index < -0.39 is 0 Å². The van der Waals surface area contributed by atoms with Crippen molar-refractivity contribution in [3.05, 3.63) is 33.1 Å². The van der Waals surface area contributed by atoms with Crippen LogP contribution in [0, 0.1) is 9.39 Å². The van der Waals surface area contributed by atoms with Gasteiger partial charge in [0.05, 0.1) is 0 Å². The second-order valence-electron chi connectivity index (χ2n) is 3.67. The van der Waals surface area contributed by atoms with Crippen LogP contribution in [0.5, 0.6) is 0 Å². The molecule has 0 bridgehead atoms. The van der Waals surface area contributed by atoms with Crippen molar-refractivity contribution in [1.29, 1.82) is 0 Å². The standard InChI is InChI=1S/C11H13FIN/c12-10-7-8(13)4-5-9(10)11-3-1-2-6-14-11/h4-5,7,11,14H,1-3,6H2/t11-/m0/s1. The van der Waals surface area contributed by atoms with Gasteiger partial charge in [-0.15, -0.1) is 0 Å². The monoisotopic (exact) mass is 305 g/mol. The number of rotatable bonds is 1. The van der Waals surface area contributed by atoms with Crippen molar-refractivity contribution in [2.45, 2.75) is 25.3 Å². The van der Waals surface area contributed by atoms with Crippen molar-refractivity contribution < 1.29 is 4.39 Å². The Labute approximate surface area is 97.2 Å². The minimum atomic E-state index is -0.0729. The van der Waals surface area contributed by atoms with E-state index in [1.807, 2.05) is 12.1 Å². The molecule has 0 spiro atoms. The van der Waals surface area contributed by atoms with Gasteiger partial charge in [-0.05, 0) is 54.1 Å². The fraction of sp³-hybridized carbons (Fsp3) is 0.455. The molecule has 1 heterocycles. The van der Waals surface area contributed by atoms with Gasteiger partial charge in [-0.3, -0.25) is 0 Å². The molecule has 0 aromatic heterocycles. The average Bonchev–Trinajstić information content (AvgIpc) is 2.19. The van der Waals surface area contributed by atoms with Crippen molar-refractivity contribution in [2.24, 2.45) is 0 Å². The summed E-state index contributed by atoms with van der Waals surface area (Å²) >= 11 is 2.13. The summed E-state index contributed by atoms with van der Waals surface area (Å²) in [5.41, 5.74) is 0.824. The summed E-state index contributed by atoms with van der Waals surface area (Å²) in [6.45, 7) is 1.01. The van der Waals surface area contributed by atoms with Crippen molar-refractivity contribution in [1.82, 2.24) is 5.32 Å².